The predicted octanol–water partition coefficient (Wildman–Crippen LogP) is 2.13. The number of hydrogen-bond acceptors (Lipinski definition) is 3. The lowest BCUT2D eigenvalue weighted by Gasteiger charge is -2.37. The van der Waals surface area contributed by atoms with Crippen molar-refractivity contribution >= 4 is 5.91 Å². The SMILES string of the molecule is CCNC(C)(CCCCN1CC(C)CCC1C)C(N)=O. The Morgan fingerprint density at radius 3 is 2.65 bits per heavy atom. The summed E-state index contributed by atoms with van der Waals surface area (Å²) in [5, 5.41) is 3.22. The van der Waals surface area contributed by atoms with Crippen molar-refractivity contribution in [2.24, 2.45) is 11.7 Å². The van der Waals surface area contributed by atoms with Gasteiger partial charge in [0.05, 0.1) is 5.54 Å². The summed E-state index contributed by atoms with van der Waals surface area (Å²) in [4.78, 5) is 14.2. The number of piperidine rings is 1. The van der Waals surface area contributed by atoms with Crippen LogP contribution in [-0.2, 0) is 4.79 Å². The van der Waals surface area contributed by atoms with Gasteiger partial charge >= 0.3 is 0 Å². The molecule has 4 heteroatoms. The second-order valence-electron chi connectivity index (χ2n) is 6.71. The highest BCUT2D eigenvalue weighted by atomic mass is 16.1. The molecule has 1 aliphatic rings. The highest BCUT2D eigenvalue weighted by Gasteiger charge is 2.29. The predicted molar refractivity (Wildman–Crippen MR) is 84.6 cm³/mol. The van der Waals surface area contributed by atoms with E-state index in [1.165, 1.54) is 19.4 Å². The maximum atomic E-state index is 11.6. The van der Waals surface area contributed by atoms with Gasteiger partial charge in [-0.25, -0.2) is 0 Å². The number of unbranched alkanes of at least 4 members (excludes halogenated alkanes) is 1. The molecular formula is C16H33N3O. The van der Waals surface area contributed by atoms with Crippen LogP contribution in [0.15, 0.2) is 0 Å². The number of rotatable bonds is 8. The summed E-state index contributed by atoms with van der Waals surface area (Å²) < 4.78 is 0. The van der Waals surface area contributed by atoms with Crippen LogP contribution in [0.25, 0.3) is 0 Å². The lowest BCUT2D eigenvalue weighted by Crippen LogP contribution is -2.53. The minimum Gasteiger partial charge on any atom is -0.368 e. The van der Waals surface area contributed by atoms with Crippen LogP contribution in [-0.4, -0.2) is 42.0 Å². The molecule has 0 spiro atoms. The third-order valence-electron chi connectivity index (χ3n) is 4.73. The van der Waals surface area contributed by atoms with Gasteiger partial charge in [-0.15, -0.1) is 0 Å². The Labute approximate surface area is 124 Å². The number of nitrogens with zero attached hydrogens (tertiary/aromatic N) is 1. The second kappa shape index (κ2) is 7.99. The van der Waals surface area contributed by atoms with Gasteiger partial charge in [-0.2, -0.15) is 0 Å². The van der Waals surface area contributed by atoms with Gasteiger partial charge in [-0.05, 0) is 65.0 Å². The quantitative estimate of drug-likeness (QED) is 0.671. The van der Waals surface area contributed by atoms with Gasteiger partial charge in [-0.1, -0.05) is 13.8 Å². The van der Waals surface area contributed by atoms with E-state index in [1.54, 1.807) is 0 Å². The van der Waals surface area contributed by atoms with Crippen LogP contribution >= 0.6 is 0 Å². The first-order chi connectivity index (χ1) is 9.39. The number of carbonyl (C=O) groups is 1. The van der Waals surface area contributed by atoms with Gasteiger partial charge in [0.25, 0.3) is 0 Å². The van der Waals surface area contributed by atoms with Crippen LogP contribution in [0.4, 0.5) is 0 Å². The highest BCUT2D eigenvalue weighted by molar-refractivity contribution is 5.84. The van der Waals surface area contributed by atoms with Gasteiger partial charge in [0.1, 0.15) is 0 Å². The van der Waals surface area contributed by atoms with Crippen molar-refractivity contribution in [2.75, 3.05) is 19.6 Å². The number of carbonyl (C=O) groups excluding carboxylic acids is 1. The average molecular weight is 283 g/mol. The third-order valence-corrected chi connectivity index (χ3v) is 4.73. The largest absolute Gasteiger partial charge is 0.368 e. The number of hydrogen-bond donors (Lipinski definition) is 2. The molecule has 0 radical (unpaired) electrons. The second-order valence-corrected chi connectivity index (χ2v) is 6.71. The first-order valence-corrected chi connectivity index (χ1v) is 8.18. The summed E-state index contributed by atoms with van der Waals surface area (Å²) in [5.41, 5.74) is 4.96. The first-order valence-electron chi connectivity index (χ1n) is 8.18. The molecule has 1 rings (SSSR count). The van der Waals surface area contributed by atoms with Crippen molar-refractivity contribution in [3.63, 3.8) is 0 Å². The molecule has 1 fully saturated rings. The maximum absolute atomic E-state index is 11.6. The average Bonchev–Trinajstić information content (AvgIpc) is 2.38. The first kappa shape index (κ1) is 17.4. The molecule has 0 aromatic rings. The molecule has 3 atom stereocenters. The smallest absolute Gasteiger partial charge is 0.237 e. The number of likely N-dealkylation sites (N-methyl/N-ethyl adjacent to an activating group) is 1. The summed E-state index contributed by atoms with van der Waals surface area (Å²) in [7, 11) is 0. The Balaban J connectivity index is 2.31. The van der Waals surface area contributed by atoms with Crippen molar-refractivity contribution < 1.29 is 4.79 Å². The van der Waals surface area contributed by atoms with E-state index in [4.69, 9.17) is 5.73 Å². The van der Waals surface area contributed by atoms with E-state index in [0.29, 0.717) is 6.04 Å². The molecule has 1 amide bonds. The Bertz CT molecular complexity index is 308. The summed E-state index contributed by atoms with van der Waals surface area (Å²) in [6.45, 7) is 11.8. The van der Waals surface area contributed by atoms with Crippen molar-refractivity contribution in [3.05, 3.63) is 0 Å². The van der Waals surface area contributed by atoms with E-state index in [2.05, 4.69) is 24.1 Å². The minimum atomic E-state index is -0.546. The van der Waals surface area contributed by atoms with Crippen LogP contribution in [0.3, 0.4) is 0 Å². The molecule has 118 valence electrons. The van der Waals surface area contributed by atoms with Crippen LogP contribution in [0.5, 0.6) is 0 Å². The summed E-state index contributed by atoms with van der Waals surface area (Å²) in [6.07, 6.45) is 5.69. The summed E-state index contributed by atoms with van der Waals surface area (Å²) in [5.74, 6) is 0.586. The molecule has 1 aliphatic heterocycles. The fourth-order valence-corrected chi connectivity index (χ4v) is 3.17. The topological polar surface area (TPSA) is 58.4 Å². The monoisotopic (exact) mass is 283 g/mol. The van der Waals surface area contributed by atoms with E-state index < -0.39 is 5.54 Å². The van der Waals surface area contributed by atoms with Crippen LogP contribution < -0.4 is 11.1 Å². The Morgan fingerprint density at radius 2 is 2.05 bits per heavy atom. The van der Waals surface area contributed by atoms with Crippen LogP contribution in [0.2, 0.25) is 0 Å². The standard InChI is InChI=1S/C16H33N3O/c1-5-18-16(4,15(17)20)10-6-7-11-19-12-13(2)8-9-14(19)3/h13-14,18H,5-12H2,1-4H3,(H2,17,20). The fraction of sp³-hybridized carbons (Fsp3) is 0.938. The normalized spacial score (nSPS) is 27.2. The molecular weight excluding hydrogens is 250 g/mol. The molecule has 0 aromatic carbocycles. The van der Waals surface area contributed by atoms with Crippen molar-refractivity contribution in [1.29, 1.82) is 0 Å². The molecule has 0 aromatic heterocycles. The number of amides is 1. The van der Waals surface area contributed by atoms with E-state index in [0.717, 1.165) is 38.3 Å². The highest BCUT2D eigenvalue weighted by Crippen LogP contribution is 2.22. The molecule has 1 heterocycles. The zero-order valence-corrected chi connectivity index (χ0v) is 13.7. The van der Waals surface area contributed by atoms with Crippen LogP contribution in [0.1, 0.15) is 59.8 Å². The van der Waals surface area contributed by atoms with E-state index >= 15 is 0 Å². The van der Waals surface area contributed by atoms with Gasteiger partial charge in [-0.3, -0.25) is 4.79 Å². The Morgan fingerprint density at radius 1 is 1.35 bits per heavy atom. The zero-order chi connectivity index (χ0) is 15.2. The van der Waals surface area contributed by atoms with E-state index in [1.807, 2.05) is 13.8 Å². The molecule has 0 aliphatic carbocycles. The molecule has 0 saturated carbocycles. The van der Waals surface area contributed by atoms with Gasteiger partial charge in [0.15, 0.2) is 0 Å². The van der Waals surface area contributed by atoms with Crippen molar-refractivity contribution in [3.8, 4) is 0 Å². The Hall–Kier alpha value is -0.610. The molecule has 4 nitrogen and oxygen atoms in total. The summed E-state index contributed by atoms with van der Waals surface area (Å²) in [6, 6.07) is 0.711. The molecule has 3 N–H and O–H groups in total. The van der Waals surface area contributed by atoms with Gasteiger partial charge in [0, 0.05) is 12.6 Å². The number of likely N-dealkylation sites (tertiary alicyclic amines) is 1. The molecule has 0 bridgehead atoms. The molecule has 1 saturated heterocycles. The van der Waals surface area contributed by atoms with Crippen LogP contribution in [0, 0.1) is 5.92 Å². The zero-order valence-electron chi connectivity index (χ0n) is 13.7. The number of nitrogens with two attached hydrogens (primary N) is 1. The maximum Gasteiger partial charge on any atom is 0.237 e. The van der Waals surface area contributed by atoms with Gasteiger partial charge < -0.3 is 16.0 Å². The number of nitrogens with one attached hydrogen (secondary N) is 1. The number of primary amides is 1. The van der Waals surface area contributed by atoms with Gasteiger partial charge in [0.2, 0.25) is 5.91 Å². The molecule has 3 unspecified atom stereocenters. The molecule has 20 heavy (non-hydrogen) atoms. The fourth-order valence-electron chi connectivity index (χ4n) is 3.17. The lowest BCUT2D eigenvalue weighted by atomic mass is 9.92. The van der Waals surface area contributed by atoms with E-state index in [9.17, 15) is 4.79 Å². The third kappa shape index (κ3) is 5.06. The lowest BCUT2D eigenvalue weighted by molar-refractivity contribution is -0.124. The Kier molecular flexibility index (Phi) is 6.96. The van der Waals surface area contributed by atoms with Crippen molar-refractivity contribution in [2.45, 2.75) is 71.4 Å². The van der Waals surface area contributed by atoms with E-state index in [-0.39, 0.29) is 5.91 Å². The minimum absolute atomic E-state index is 0.237. The summed E-state index contributed by atoms with van der Waals surface area (Å²) >= 11 is 0. The van der Waals surface area contributed by atoms with Crippen molar-refractivity contribution in [1.82, 2.24) is 10.2 Å².